The molecule has 3 N–H and O–H groups in total. The third kappa shape index (κ3) is 2.76. The first-order valence-electron chi connectivity index (χ1n) is 7.78. The Labute approximate surface area is 127 Å². The van der Waals surface area contributed by atoms with Gasteiger partial charge in [0.1, 0.15) is 0 Å². The average molecular weight is 311 g/mol. The molecule has 0 saturated heterocycles. The summed E-state index contributed by atoms with van der Waals surface area (Å²) in [6.07, 6.45) is 6.71. The lowest BCUT2D eigenvalue weighted by molar-refractivity contribution is 0.280. The normalized spacial score (nSPS) is 30.0. The summed E-state index contributed by atoms with van der Waals surface area (Å²) in [5.41, 5.74) is 6.44. The van der Waals surface area contributed by atoms with Crippen molar-refractivity contribution in [3.8, 4) is 0 Å². The van der Waals surface area contributed by atoms with Crippen LogP contribution in [0.4, 0.5) is 0 Å². The van der Waals surface area contributed by atoms with Crippen molar-refractivity contribution in [1.29, 1.82) is 0 Å². The van der Waals surface area contributed by atoms with Crippen LogP contribution < -0.4 is 10.5 Å². The number of hydrogen-bond acceptors (Lipinski definition) is 3. The molecule has 2 saturated carbocycles. The number of sulfonamides is 1. The molecule has 2 aliphatic rings. The third-order valence-electron chi connectivity index (χ3n) is 5.38. The smallest absolute Gasteiger partial charge is 0.242 e. The van der Waals surface area contributed by atoms with E-state index in [9.17, 15) is 8.42 Å². The summed E-state index contributed by atoms with van der Waals surface area (Å²) in [5.74, 6) is 2.03. The van der Waals surface area contributed by atoms with Gasteiger partial charge >= 0.3 is 0 Å². The highest BCUT2D eigenvalue weighted by Crippen LogP contribution is 2.49. The second-order valence-electron chi connectivity index (χ2n) is 6.73. The molecule has 0 aromatic carbocycles. The first-order valence-corrected chi connectivity index (χ1v) is 9.26. The van der Waals surface area contributed by atoms with E-state index in [1.165, 1.54) is 25.7 Å². The molecule has 0 amide bonds. The van der Waals surface area contributed by atoms with E-state index >= 15 is 0 Å². The predicted octanol–water partition coefficient (Wildman–Crippen LogP) is 1.59. The average Bonchev–Trinajstić information content (AvgIpc) is 3.12. The van der Waals surface area contributed by atoms with Crippen molar-refractivity contribution in [2.24, 2.45) is 30.5 Å². The Morgan fingerprint density at radius 2 is 2.19 bits per heavy atom. The first-order chi connectivity index (χ1) is 9.90. The summed E-state index contributed by atoms with van der Waals surface area (Å²) in [4.78, 5) is 0.320. The van der Waals surface area contributed by atoms with Gasteiger partial charge in [-0.3, -0.25) is 0 Å². The molecule has 0 radical (unpaired) electrons. The molecule has 3 rings (SSSR count). The van der Waals surface area contributed by atoms with Crippen LogP contribution in [0.2, 0.25) is 0 Å². The van der Waals surface area contributed by atoms with Crippen molar-refractivity contribution in [1.82, 2.24) is 9.29 Å². The van der Waals surface area contributed by atoms with E-state index in [4.69, 9.17) is 5.73 Å². The summed E-state index contributed by atoms with van der Waals surface area (Å²) < 4.78 is 29.7. The van der Waals surface area contributed by atoms with Crippen molar-refractivity contribution in [2.75, 3.05) is 0 Å². The Balaban J connectivity index is 1.73. The van der Waals surface area contributed by atoms with Gasteiger partial charge in [-0.2, -0.15) is 0 Å². The number of aromatic nitrogens is 1. The zero-order valence-corrected chi connectivity index (χ0v) is 13.6. The SMILES string of the molecule is CC(NS(=O)(=O)c1cc(CN)n(C)c1)C1CC2CCC1C2. The Bertz CT molecular complexity index is 623. The van der Waals surface area contributed by atoms with Crippen LogP contribution in [0.25, 0.3) is 0 Å². The fourth-order valence-corrected chi connectivity index (χ4v) is 5.62. The fourth-order valence-electron chi connectivity index (χ4n) is 4.23. The van der Waals surface area contributed by atoms with E-state index in [1.54, 1.807) is 16.8 Å². The van der Waals surface area contributed by atoms with Gasteiger partial charge in [-0.1, -0.05) is 6.42 Å². The lowest BCUT2D eigenvalue weighted by atomic mass is 9.84. The number of fused-ring (bicyclic) bond motifs is 2. The Hall–Kier alpha value is -0.850. The van der Waals surface area contributed by atoms with E-state index in [0.29, 0.717) is 23.3 Å². The summed E-state index contributed by atoms with van der Waals surface area (Å²) >= 11 is 0. The van der Waals surface area contributed by atoms with E-state index in [1.807, 2.05) is 14.0 Å². The standard InChI is InChI=1S/C15H25N3O2S/c1-10(15-6-11-3-4-12(15)5-11)17-21(19,20)14-7-13(8-16)18(2)9-14/h7,9-12,15,17H,3-6,8,16H2,1-2H3. The zero-order chi connectivity index (χ0) is 15.2. The topological polar surface area (TPSA) is 77.1 Å². The van der Waals surface area contributed by atoms with E-state index in [0.717, 1.165) is 11.6 Å². The van der Waals surface area contributed by atoms with E-state index < -0.39 is 10.0 Å². The largest absolute Gasteiger partial charge is 0.352 e. The molecule has 1 aromatic rings. The highest BCUT2D eigenvalue weighted by molar-refractivity contribution is 7.89. The van der Waals surface area contributed by atoms with Crippen LogP contribution in [0.3, 0.4) is 0 Å². The molecule has 21 heavy (non-hydrogen) atoms. The maximum absolute atomic E-state index is 12.5. The number of nitrogens with zero attached hydrogens (tertiary/aromatic N) is 1. The minimum Gasteiger partial charge on any atom is -0.352 e. The summed E-state index contributed by atoms with van der Waals surface area (Å²) in [5, 5.41) is 0. The quantitative estimate of drug-likeness (QED) is 0.867. The highest BCUT2D eigenvalue weighted by Gasteiger charge is 2.42. The third-order valence-corrected chi connectivity index (χ3v) is 6.90. The zero-order valence-electron chi connectivity index (χ0n) is 12.7. The Kier molecular flexibility index (Phi) is 3.88. The van der Waals surface area contributed by atoms with E-state index in [2.05, 4.69) is 4.72 Å². The molecule has 4 unspecified atom stereocenters. The molecule has 2 fully saturated rings. The predicted molar refractivity (Wildman–Crippen MR) is 82.0 cm³/mol. The van der Waals surface area contributed by atoms with Crippen LogP contribution in [0, 0.1) is 17.8 Å². The number of aryl methyl sites for hydroxylation is 1. The van der Waals surface area contributed by atoms with Crippen LogP contribution in [-0.2, 0) is 23.6 Å². The number of nitrogens with two attached hydrogens (primary N) is 1. The molecule has 1 heterocycles. The van der Waals surface area contributed by atoms with Gasteiger partial charge in [0, 0.05) is 31.5 Å². The Morgan fingerprint density at radius 3 is 2.71 bits per heavy atom. The summed E-state index contributed by atoms with van der Waals surface area (Å²) in [7, 11) is -1.63. The minimum atomic E-state index is -3.45. The highest BCUT2D eigenvalue weighted by atomic mass is 32.2. The molecule has 0 aliphatic heterocycles. The van der Waals surface area contributed by atoms with Crippen LogP contribution in [0.1, 0.15) is 38.3 Å². The monoisotopic (exact) mass is 311 g/mol. The van der Waals surface area contributed by atoms with Crippen LogP contribution in [-0.4, -0.2) is 19.0 Å². The van der Waals surface area contributed by atoms with E-state index in [-0.39, 0.29) is 6.04 Å². The second-order valence-corrected chi connectivity index (χ2v) is 8.44. The van der Waals surface area contributed by atoms with Gasteiger partial charge in [0.2, 0.25) is 10.0 Å². The lowest BCUT2D eigenvalue weighted by Crippen LogP contribution is -2.39. The van der Waals surface area contributed by atoms with Crippen molar-refractivity contribution >= 4 is 10.0 Å². The van der Waals surface area contributed by atoms with Gasteiger partial charge in [-0.05, 0) is 50.0 Å². The van der Waals surface area contributed by atoms with Gasteiger partial charge in [-0.25, -0.2) is 13.1 Å². The molecule has 1 aromatic heterocycles. The van der Waals surface area contributed by atoms with Gasteiger partial charge in [0.25, 0.3) is 0 Å². The second kappa shape index (κ2) is 5.41. The maximum Gasteiger partial charge on any atom is 0.242 e. The first kappa shape index (κ1) is 15.1. The molecular weight excluding hydrogens is 286 g/mol. The number of hydrogen-bond donors (Lipinski definition) is 2. The van der Waals surface area contributed by atoms with Gasteiger partial charge in [0.05, 0.1) is 4.90 Å². The molecule has 118 valence electrons. The molecule has 2 aliphatic carbocycles. The minimum absolute atomic E-state index is 0.00633. The molecule has 5 nitrogen and oxygen atoms in total. The van der Waals surface area contributed by atoms with Crippen molar-refractivity contribution in [3.63, 3.8) is 0 Å². The Morgan fingerprint density at radius 1 is 1.43 bits per heavy atom. The maximum atomic E-state index is 12.5. The van der Waals surface area contributed by atoms with Crippen molar-refractivity contribution in [3.05, 3.63) is 18.0 Å². The van der Waals surface area contributed by atoms with Crippen LogP contribution in [0.15, 0.2) is 17.2 Å². The van der Waals surface area contributed by atoms with Crippen molar-refractivity contribution in [2.45, 2.75) is 50.1 Å². The van der Waals surface area contributed by atoms with Crippen LogP contribution >= 0.6 is 0 Å². The number of nitrogens with one attached hydrogen (secondary N) is 1. The number of rotatable bonds is 5. The fraction of sp³-hybridized carbons (Fsp3) is 0.733. The summed E-state index contributed by atoms with van der Waals surface area (Å²) in [6, 6.07) is 1.67. The molecule has 2 bridgehead atoms. The molecule has 4 atom stereocenters. The lowest BCUT2D eigenvalue weighted by Gasteiger charge is -2.28. The molecular formula is C15H25N3O2S. The van der Waals surface area contributed by atoms with Gasteiger partial charge in [0.15, 0.2) is 0 Å². The van der Waals surface area contributed by atoms with Gasteiger partial charge in [-0.15, -0.1) is 0 Å². The van der Waals surface area contributed by atoms with Crippen molar-refractivity contribution < 1.29 is 8.42 Å². The molecule has 6 heteroatoms. The summed E-state index contributed by atoms with van der Waals surface area (Å²) in [6.45, 7) is 2.35. The molecule has 0 spiro atoms. The van der Waals surface area contributed by atoms with Crippen LogP contribution in [0.5, 0.6) is 0 Å². The van der Waals surface area contributed by atoms with Gasteiger partial charge < -0.3 is 10.3 Å².